The predicted octanol–water partition coefficient (Wildman–Crippen LogP) is 10.7. The number of para-hydroxylation sites is 1. The molecule has 0 unspecified atom stereocenters. The van der Waals surface area contributed by atoms with Crippen LogP contribution < -0.4 is 0 Å². The number of fused-ring (bicyclic) bond motifs is 3. The van der Waals surface area contributed by atoms with Crippen LogP contribution in [0.4, 0.5) is 0 Å². The minimum Gasteiger partial charge on any atom is -0.313 e. The molecule has 2 heteroatoms. The molecule has 5 aromatic carbocycles. The first-order valence-corrected chi connectivity index (χ1v) is 14.9. The van der Waals surface area contributed by atoms with Crippen LogP contribution in [-0.2, 0) is 6.42 Å². The summed E-state index contributed by atoms with van der Waals surface area (Å²) in [6.07, 6.45) is 6.72. The van der Waals surface area contributed by atoms with Crippen molar-refractivity contribution >= 4 is 17.0 Å². The monoisotopic (exact) mass is 550 g/mol. The molecule has 1 aliphatic rings. The largest absolute Gasteiger partial charge is 0.313 e. The lowest BCUT2D eigenvalue weighted by Crippen LogP contribution is -2.02. The molecule has 0 aliphatic heterocycles. The molecule has 0 radical (unpaired) electrons. The van der Waals surface area contributed by atoms with Crippen molar-refractivity contribution in [3.8, 4) is 50.5 Å². The molecule has 0 amide bonds. The average Bonchev–Trinajstić information content (AvgIpc) is 3.43. The fraction of sp³-hybridized carbons (Fsp3) is 0.0488. The molecule has 0 saturated heterocycles. The fourth-order valence-electron chi connectivity index (χ4n) is 6.34. The predicted molar refractivity (Wildman–Crippen MR) is 180 cm³/mol. The van der Waals surface area contributed by atoms with E-state index in [1.54, 1.807) is 0 Å². The summed E-state index contributed by atoms with van der Waals surface area (Å²) >= 11 is 0. The van der Waals surface area contributed by atoms with Gasteiger partial charge in [-0.15, -0.1) is 0 Å². The molecule has 43 heavy (non-hydrogen) atoms. The molecule has 204 valence electrons. The minimum absolute atomic E-state index is 0.970. The maximum absolute atomic E-state index is 5.13. The highest BCUT2D eigenvalue weighted by Crippen LogP contribution is 2.36. The van der Waals surface area contributed by atoms with Crippen LogP contribution >= 0.6 is 0 Å². The Balaban J connectivity index is 1.21. The Morgan fingerprint density at radius 3 is 1.74 bits per heavy atom. The molecule has 1 aliphatic carbocycles. The van der Waals surface area contributed by atoms with E-state index in [0.29, 0.717) is 0 Å². The summed E-state index contributed by atoms with van der Waals surface area (Å²) < 4.78 is 2.44. The SMILES string of the molecule is C1=Cc2c(n(-c3ccc(-c4cc(-c5ccccc5)nc(-c5ccc(-c6ccccc6)cc5)c4)cc3)c3ccccc23)CC1. The third kappa shape index (κ3) is 4.67. The molecular formula is C41H30N2. The van der Waals surface area contributed by atoms with Crippen molar-refractivity contribution < 1.29 is 0 Å². The Hall–Kier alpha value is -5.47. The molecule has 0 fully saturated rings. The van der Waals surface area contributed by atoms with Crippen LogP contribution in [0.2, 0.25) is 0 Å². The molecule has 0 saturated carbocycles. The van der Waals surface area contributed by atoms with Crippen molar-refractivity contribution in [3.63, 3.8) is 0 Å². The number of rotatable bonds is 5. The van der Waals surface area contributed by atoms with Crippen molar-refractivity contribution in [2.75, 3.05) is 0 Å². The van der Waals surface area contributed by atoms with E-state index in [0.717, 1.165) is 40.9 Å². The van der Waals surface area contributed by atoms with Gasteiger partial charge in [-0.3, -0.25) is 0 Å². The summed E-state index contributed by atoms with van der Waals surface area (Å²) in [5, 5.41) is 1.32. The summed E-state index contributed by atoms with van der Waals surface area (Å²) in [6, 6.07) is 51.9. The van der Waals surface area contributed by atoms with E-state index in [1.807, 2.05) is 0 Å². The van der Waals surface area contributed by atoms with Gasteiger partial charge in [0.25, 0.3) is 0 Å². The number of pyridine rings is 1. The van der Waals surface area contributed by atoms with E-state index in [9.17, 15) is 0 Å². The Bertz CT molecular complexity index is 2080. The van der Waals surface area contributed by atoms with Crippen LogP contribution in [0, 0.1) is 0 Å². The van der Waals surface area contributed by atoms with Gasteiger partial charge in [0.1, 0.15) is 0 Å². The van der Waals surface area contributed by atoms with E-state index >= 15 is 0 Å². The number of aromatic nitrogens is 2. The van der Waals surface area contributed by atoms with Gasteiger partial charge in [0, 0.05) is 33.5 Å². The zero-order valence-electron chi connectivity index (χ0n) is 23.8. The lowest BCUT2D eigenvalue weighted by atomic mass is 9.98. The zero-order chi connectivity index (χ0) is 28.6. The van der Waals surface area contributed by atoms with Gasteiger partial charge in [-0.1, -0.05) is 127 Å². The maximum atomic E-state index is 5.13. The lowest BCUT2D eigenvalue weighted by Gasteiger charge is -2.15. The number of allylic oxidation sites excluding steroid dienone is 1. The van der Waals surface area contributed by atoms with Gasteiger partial charge in [-0.25, -0.2) is 4.98 Å². The molecule has 2 aromatic heterocycles. The van der Waals surface area contributed by atoms with Crippen molar-refractivity contribution in [1.29, 1.82) is 0 Å². The first-order valence-electron chi connectivity index (χ1n) is 14.9. The Morgan fingerprint density at radius 2 is 1.02 bits per heavy atom. The summed E-state index contributed by atoms with van der Waals surface area (Å²) in [5.41, 5.74) is 14.1. The van der Waals surface area contributed by atoms with E-state index in [-0.39, 0.29) is 0 Å². The number of hydrogen-bond donors (Lipinski definition) is 0. The van der Waals surface area contributed by atoms with Gasteiger partial charge >= 0.3 is 0 Å². The van der Waals surface area contributed by atoms with Gasteiger partial charge < -0.3 is 4.57 Å². The van der Waals surface area contributed by atoms with Crippen LogP contribution in [0.25, 0.3) is 67.4 Å². The number of hydrogen-bond acceptors (Lipinski definition) is 1. The highest BCUT2D eigenvalue weighted by Gasteiger charge is 2.18. The maximum Gasteiger partial charge on any atom is 0.0715 e. The van der Waals surface area contributed by atoms with Crippen LogP contribution in [0.1, 0.15) is 17.7 Å². The zero-order valence-corrected chi connectivity index (χ0v) is 23.8. The van der Waals surface area contributed by atoms with E-state index in [2.05, 4.69) is 162 Å². The van der Waals surface area contributed by atoms with Crippen molar-refractivity contribution in [1.82, 2.24) is 9.55 Å². The third-order valence-electron chi connectivity index (χ3n) is 8.49. The molecule has 0 N–H and O–H groups in total. The van der Waals surface area contributed by atoms with Crippen LogP contribution in [0.3, 0.4) is 0 Å². The van der Waals surface area contributed by atoms with Crippen LogP contribution in [-0.4, -0.2) is 9.55 Å². The second-order valence-corrected chi connectivity index (χ2v) is 11.1. The molecule has 0 spiro atoms. The Labute approximate surface area is 252 Å². The van der Waals surface area contributed by atoms with Gasteiger partial charge in [0.05, 0.1) is 16.9 Å². The van der Waals surface area contributed by atoms with Crippen LogP contribution in [0.15, 0.2) is 152 Å². The Morgan fingerprint density at radius 1 is 0.488 bits per heavy atom. The van der Waals surface area contributed by atoms with Gasteiger partial charge in [0.2, 0.25) is 0 Å². The fourth-order valence-corrected chi connectivity index (χ4v) is 6.34. The number of nitrogens with zero attached hydrogens (tertiary/aromatic N) is 2. The van der Waals surface area contributed by atoms with Gasteiger partial charge in [0.15, 0.2) is 0 Å². The summed E-state index contributed by atoms with van der Waals surface area (Å²) in [6.45, 7) is 0. The first-order chi connectivity index (χ1) is 21.3. The average molecular weight is 551 g/mol. The molecule has 0 atom stereocenters. The van der Waals surface area contributed by atoms with E-state index < -0.39 is 0 Å². The highest BCUT2D eigenvalue weighted by atomic mass is 15.0. The first kappa shape index (κ1) is 25.3. The molecule has 7 aromatic rings. The number of benzene rings is 5. The van der Waals surface area contributed by atoms with Gasteiger partial charge in [-0.05, 0) is 65.4 Å². The van der Waals surface area contributed by atoms with E-state index in [4.69, 9.17) is 4.98 Å². The summed E-state index contributed by atoms with van der Waals surface area (Å²) in [4.78, 5) is 5.13. The molecule has 2 heterocycles. The standard InChI is InChI=1S/C41H30N2/c1-3-11-29(12-4-1)30-19-21-33(22-20-30)39-28-34(27-38(42-39)32-13-5-2-6-14-32)31-23-25-35(26-24-31)43-40-17-9-7-15-36(40)37-16-8-10-18-41(37)43/h1-9,11-17,19-28H,10,18H2. The van der Waals surface area contributed by atoms with Crippen molar-refractivity contribution in [3.05, 3.63) is 163 Å². The van der Waals surface area contributed by atoms with Gasteiger partial charge in [-0.2, -0.15) is 0 Å². The second kappa shape index (κ2) is 10.7. The quantitative estimate of drug-likeness (QED) is 0.208. The van der Waals surface area contributed by atoms with Crippen molar-refractivity contribution in [2.45, 2.75) is 12.8 Å². The lowest BCUT2D eigenvalue weighted by molar-refractivity contribution is 0.888. The van der Waals surface area contributed by atoms with Crippen LogP contribution in [0.5, 0.6) is 0 Å². The molecule has 8 rings (SSSR count). The third-order valence-corrected chi connectivity index (χ3v) is 8.49. The molecule has 0 bridgehead atoms. The Kier molecular flexibility index (Phi) is 6.31. The summed E-state index contributed by atoms with van der Waals surface area (Å²) in [7, 11) is 0. The second-order valence-electron chi connectivity index (χ2n) is 11.1. The molecule has 2 nitrogen and oxygen atoms in total. The summed E-state index contributed by atoms with van der Waals surface area (Å²) in [5.74, 6) is 0. The topological polar surface area (TPSA) is 17.8 Å². The molecular weight excluding hydrogens is 520 g/mol. The smallest absolute Gasteiger partial charge is 0.0715 e. The normalized spacial score (nSPS) is 12.4. The van der Waals surface area contributed by atoms with Crippen molar-refractivity contribution in [2.24, 2.45) is 0 Å². The highest BCUT2D eigenvalue weighted by molar-refractivity contribution is 5.93. The van der Waals surface area contributed by atoms with E-state index in [1.165, 1.54) is 44.5 Å². The minimum atomic E-state index is 0.970.